The predicted octanol–water partition coefficient (Wildman–Crippen LogP) is 1.88. The number of benzene rings is 1. The van der Waals surface area contributed by atoms with Crippen LogP contribution in [0.25, 0.3) is 15.7 Å². The molecule has 0 unspecified atom stereocenters. The van der Waals surface area contributed by atoms with Crippen LogP contribution in [0.3, 0.4) is 0 Å². The molecule has 146 valence electrons. The second-order valence-electron chi connectivity index (χ2n) is 6.52. The summed E-state index contributed by atoms with van der Waals surface area (Å²) in [6.45, 7) is 11.1. The molecule has 1 aliphatic heterocycles. The largest absolute Gasteiger partial charge is 0.477 e. The van der Waals surface area contributed by atoms with Gasteiger partial charge < -0.3 is 24.3 Å². The van der Waals surface area contributed by atoms with Crippen molar-refractivity contribution in [2.24, 2.45) is 0 Å². The Kier molecular flexibility index (Phi) is 5.31. The van der Waals surface area contributed by atoms with Gasteiger partial charge in [-0.3, -0.25) is 10.2 Å². The number of pyridine rings is 1. The molecular weight excluding hydrogens is 365 g/mol. The highest BCUT2D eigenvalue weighted by atomic mass is 19.1. The van der Waals surface area contributed by atoms with Gasteiger partial charge in [0.1, 0.15) is 11.4 Å². The minimum atomic E-state index is -1.34. The van der Waals surface area contributed by atoms with Crippen LogP contribution in [0, 0.1) is 17.8 Å². The second kappa shape index (κ2) is 7.68. The van der Waals surface area contributed by atoms with Crippen LogP contribution in [0.15, 0.2) is 23.1 Å². The molecule has 1 fully saturated rings. The third-order valence-electron chi connectivity index (χ3n) is 4.95. The van der Waals surface area contributed by atoms with Crippen LogP contribution < -0.4 is 10.3 Å². The van der Waals surface area contributed by atoms with E-state index in [-0.39, 0.29) is 23.3 Å². The molecule has 28 heavy (non-hydrogen) atoms. The Bertz CT molecular complexity index is 1050. The average molecular weight is 385 g/mol. The maximum Gasteiger partial charge on any atom is 0.341 e. The lowest BCUT2D eigenvalue weighted by atomic mass is 10.1. The molecular formula is C19H20FN5O3. The smallest absolute Gasteiger partial charge is 0.341 e. The van der Waals surface area contributed by atoms with E-state index >= 15 is 0 Å². The standard InChI is InChI=1S/C19H20FN5O3/c1-3-23-11-13(19(27)28)18(26)12-8-14(20)16(9-15(12)23)24-4-6-25(7-5-24)17(21)10-22-2/h8-9,11,21H,3-7,10H2,1H3,(H,27,28). The number of halogens is 1. The summed E-state index contributed by atoms with van der Waals surface area (Å²) in [4.78, 5) is 30.6. The number of amidine groups is 1. The van der Waals surface area contributed by atoms with Gasteiger partial charge in [0.05, 0.1) is 11.2 Å². The lowest BCUT2D eigenvalue weighted by Gasteiger charge is -2.36. The number of aromatic nitrogens is 1. The molecule has 0 spiro atoms. The highest BCUT2D eigenvalue weighted by molar-refractivity contribution is 5.93. The lowest BCUT2D eigenvalue weighted by Crippen LogP contribution is -2.49. The van der Waals surface area contributed by atoms with Gasteiger partial charge in [-0.15, -0.1) is 0 Å². The zero-order chi connectivity index (χ0) is 20.4. The maximum absolute atomic E-state index is 14.8. The van der Waals surface area contributed by atoms with E-state index in [1.165, 1.54) is 6.20 Å². The highest BCUT2D eigenvalue weighted by Gasteiger charge is 2.24. The van der Waals surface area contributed by atoms with Crippen LogP contribution in [0.2, 0.25) is 0 Å². The molecule has 1 aliphatic rings. The summed E-state index contributed by atoms with van der Waals surface area (Å²) in [6, 6.07) is 2.69. The van der Waals surface area contributed by atoms with Crippen molar-refractivity contribution in [1.29, 1.82) is 5.41 Å². The molecule has 9 heteroatoms. The Balaban J connectivity index is 1.98. The summed E-state index contributed by atoms with van der Waals surface area (Å²) in [6.07, 6.45) is 1.29. The molecule has 0 radical (unpaired) electrons. The molecule has 1 aromatic heterocycles. The van der Waals surface area contributed by atoms with Gasteiger partial charge in [-0.25, -0.2) is 15.8 Å². The van der Waals surface area contributed by atoms with Gasteiger partial charge in [-0.1, -0.05) is 0 Å². The highest BCUT2D eigenvalue weighted by Crippen LogP contribution is 2.26. The molecule has 0 aliphatic carbocycles. The van der Waals surface area contributed by atoms with Crippen LogP contribution in [-0.2, 0) is 6.54 Å². The Morgan fingerprint density at radius 1 is 1.32 bits per heavy atom. The van der Waals surface area contributed by atoms with Crippen LogP contribution in [0.1, 0.15) is 17.3 Å². The SMILES string of the molecule is [C-]#[N+]CC(=N)N1CCN(c2cc3c(cc2F)c(=O)c(C(=O)O)cn3CC)CC1. The van der Waals surface area contributed by atoms with Crippen LogP contribution in [0.5, 0.6) is 0 Å². The van der Waals surface area contributed by atoms with Crippen molar-refractivity contribution in [3.63, 3.8) is 0 Å². The van der Waals surface area contributed by atoms with Crippen molar-refractivity contribution in [3.05, 3.63) is 51.4 Å². The van der Waals surface area contributed by atoms with Gasteiger partial charge in [0.15, 0.2) is 5.84 Å². The topological polar surface area (TPSA) is 94.0 Å². The van der Waals surface area contributed by atoms with E-state index in [0.717, 1.165) is 6.07 Å². The summed E-state index contributed by atoms with van der Waals surface area (Å²) in [5, 5.41) is 17.1. The zero-order valence-electron chi connectivity index (χ0n) is 15.4. The second-order valence-corrected chi connectivity index (χ2v) is 6.52. The van der Waals surface area contributed by atoms with E-state index in [1.807, 2.05) is 11.8 Å². The molecule has 3 rings (SSSR count). The van der Waals surface area contributed by atoms with Crippen molar-refractivity contribution in [3.8, 4) is 0 Å². The number of anilines is 1. The molecule has 0 atom stereocenters. The van der Waals surface area contributed by atoms with Gasteiger partial charge in [-0.2, -0.15) is 0 Å². The number of nitrogens with one attached hydrogen (secondary N) is 1. The van der Waals surface area contributed by atoms with Crippen molar-refractivity contribution in [2.75, 3.05) is 37.6 Å². The van der Waals surface area contributed by atoms with E-state index in [2.05, 4.69) is 4.85 Å². The number of nitrogens with zero attached hydrogens (tertiary/aromatic N) is 4. The maximum atomic E-state index is 14.8. The van der Waals surface area contributed by atoms with E-state index in [4.69, 9.17) is 12.0 Å². The van der Waals surface area contributed by atoms with Crippen molar-refractivity contribution in [1.82, 2.24) is 9.47 Å². The van der Waals surface area contributed by atoms with Crippen molar-refractivity contribution < 1.29 is 14.3 Å². The minimum absolute atomic E-state index is 0.0268. The average Bonchev–Trinajstić information content (AvgIpc) is 2.68. The van der Waals surface area contributed by atoms with Gasteiger partial charge >= 0.3 is 5.97 Å². The van der Waals surface area contributed by atoms with Gasteiger partial charge in [0, 0.05) is 44.3 Å². The number of fused-ring (bicyclic) bond motifs is 1. The number of hydrogen-bond donors (Lipinski definition) is 2. The number of aromatic carboxylic acids is 1. The van der Waals surface area contributed by atoms with Crippen LogP contribution in [-0.4, -0.2) is 59.1 Å². The van der Waals surface area contributed by atoms with Gasteiger partial charge in [0.2, 0.25) is 5.43 Å². The quantitative estimate of drug-likeness (QED) is 0.476. The van der Waals surface area contributed by atoms with Gasteiger partial charge in [0.25, 0.3) is 6.54 Å². The normalized spacial score (nSPS) is 14.2. The fourth-order valence-corrected chi connectivity index (χ4v) is 3.45. The Morgan fingerprint density at radius 3 is 2.57 bits per heavy atom. The summed E-state index contributed by atoms with van der Waals surface area (Å²) < 4.78 is 16.4. The summed E-state index contributed by atoms with van der Waals surface area (Å²) >= 11 is 0. The molecule has 0 saturated carbocycles. The van der Waals surface area contributed by atoms with Crippen molar-refractivity contribution in [2.45, 2.75) is 13.5 Å². The van der Waals surface area contributed by atoms with Crippen LogP contribution in [0.4, 0.5) is 10.1 Å². The monoisotopic (exact) mass is 385 g/mol. The molecule has 2 aromatic rings. The number of carboxylic acids is 1. The fraction of sp³-hybridized carbons (Fsp3) is 0.368. The predicted molar refractivity (Wildman–Crippen MR) is 104 cm³/mol. The number of rotatable bonds is 4. The summed E-state index contributed by atoms with van der Waals surface area (Å²) in [5.74, 6) is -1.66. The summed E-state index contributed by atoms with van der Waals surface area (Å²) in [7, 11) is 0. The third-order valence-corrected chi connectivity index (χ3v) is 4.95. The molecule has 2 N–H and O–H groups in total. The Morgan fingerprint density at radius 2 is 2.00 bits per heavy atom. The number of carboxylic acid groups (broad SMARTS) is 1. The fourth-order valence-electron chi connectivity index (χ4n) is 3.45. The first-order valence-electron chi connectivity index (χ1n) is 8.87. The molecule has 1 saturated heterocycles. The van der Waals surface area contributed by atoms with E-state index in [0.29, 0.717) is 43.9 Å². The number of aryl methyl sites for hydroxylation is 1. The van der Waals surface area contributed by atoms with E-state index in [9.17, 15) is 19.1 Å². The Labute approximate surface area is 160 Å². The summed E-state index contributed by atoms with van der Waals surface area (Å²) in [5.41, 5.74) is -0.255. The number of carbonyl (C=O) groups is 1. The molecule has 1 aromatic carbocycles. The molecule has 0 bridgehead atoms. The zero-order valence-corrected chi connectivity index (χ0v) is 15.4. The van der Waals surface area contributed by atoms with E-state index < -0.39 is 17.2 Å². The molecule has 2 heterocycles. The Hall–Kier alpha value is -3.41. The number of piperazine rings is 1. The molecule has 0 amide bonds. The van der Waals surface area contributed by atoms with Gasteiger partial charge in [-0.05, 0) is 19.1 Å². The van der Waals surface area contributed by atoms with Crippen LogP contribution >= 0.6 is 0 Å². The number of hydrogen-bond acceptors (Lipinski definition) is 4. The minimum Gasteiger partial charge on any atom is -0.477 e. The first-order valence-corrected chi connectivity index (χ1v) is 8.87. The third kappa shape index (κ3) is 3.41. The first-order chi connectivity index (χ1) is 13.4. The molecule has 8 nitrogen and oxygen atoms in total. The first kappa shape index (κ1) is 19.4. The van der Waals surface area contributed by atoms with Crippen molar-refractivity contribution >= 4 is 28.4 Å². The lowest BCUT2D eigenvalue weighted by molar-refractivity contribution is 0.0695. The van der Waals surface area contributed by atoms with E-state index in [1.54, 1.807) is 15.5 Å².